The summed E-state index contributed by atoms with van der Waals surface area (Å²) >= 11 is 0. The van der Waals surface area contributed by atoms with Crippen LogP contribution in [0.1, 0.15) is 36.8 Å². The molecule has 3 aromatic heterocycles. The number of hydrogen-bond acceptors (Lipinski definition) is 9. The summed E-state index contributed by atoms with van der Waals surface area (Å²) in [4.78, 5) is 35.2. The van der Waals surface area contributed by atoms with Crippen LogP contribution in [0.15, 0.2) is 200 Å². The Morgan fingerprint density at radius 1 is 0.484 bits per heavy atom. The number of rotatable bonds is 10. The molecule has 0 spiro atoms. The maximum absolute atomic E-state index is 14.4. The first-order chi connectivity index (χ1) is 31.6. The number of allylic oxidation sites excluding steroid dienone is 8. The van der Waals surface area contributed by atoms with Crippen LogP contribution in [0.2, 0.25) is 0 Å². The van der Waals surface area contributed by atoms with Crippen LogP contribution in [0.5, 0.6) is 0 Å². The fourth-order valence-corrected chi connectivity index (χ4v) is 9.68. The van der Waals surface area contributed by atoms with Crippen molar-refractivity contribution >= 4 is 71.1 Å². The molecule has 0 fully saturated rings. The molecule has 2 atom stereocenters. The standard InChI is InChI=1S/C54H40N8OS/c63-64-47-33-31-43(61(41-27-15-5-16-28-41)42-29-17-6-18-30-42)35-45(47)46-36-44(32-34-48(46)64)62(53-57-49(37-19-7-1-8-20-37)55-50(58-53)38-21-9-2-10-22-38)54-59-51(39-23-11-3-12-24-39)56-52(60-54)40-25-13-4-14-26-40/h1-3,5-13,15-23,25-36,39H,4,14,24H2. The highest BCUT2D eigenvalue weighted by Crippen LogP contribution is 2.46. The molecule has 2 aliphatic rings. The van der Waals surface area contributed by atoms with Crippen LogP contribution < -0.4 is 9.80 Å². The Hall–Kier alpha value is -7.92. The van der Waals surface area contributed by atoms with Crippen LogP contribution in [0, 0.1) is 0 Å². The molecule has 0 aliphatic heterocycles. The first kappa shape index (κ1) is 39.0. The van der Waals surface area contributed by atoms with Gasteiger partial charge < -0.3 is 9.45 Å². The van der Waals surface area contributed by atoms with Gasteiger partial charge in [0.25, 0.3) is 0 Å². The number of benzene rings is 6. The van der Waals surface area contributed by atoms with Crippen LogP contribution in [-0.2, 0) is 0 Å². The lowest BCUT2D eigenvalue weighted by Gasteiger charge is -2.25. The number of thiophene rings is 1. The maximum atomic E-state index is 14.4. The van der Waals surface area contributed by atoms with Crippen molar-refractivity contribution < 1.29 is 4.55 Å². The van der Waals surface area contributed by atoms with Gasteiger partial charge in [-0.3, -0.25) is 0 Å². The van der Waals surface area contributed by atoms with Gasteiger partial charge in [-0.25, -0.2) is 14.9 Å². The first-order valence-corrected chi connectivity index (χ1v) is 22.5. The zero-order chi connectivity index (χ0) is 42.8. The Labute approximate surface area is 373 Å². The number of aromatic nitrogens is 6. The monoisotopic (exact) mass is 848 g/mol. The van der Waals surface area contributed by atoms with Crippen molar-refractivity contribution in [2.24, 2.45) is 0 Å². The molecular weight excluding hydrogens is 809 g/mol. The Kier molecular flexibility index (Phi) is 10.4. The molecule has 308 valence electrons. The van der Waals surface area contributed by atoms with Crippen LogP contribution >= 0.6 is 10.8 Å². The van der Waals surface area contributed by atoms with Crippen LogP contribution in [-0.4, -0.2) is 34.5 Å². The normalized spacial score (nSPS) is 14.8. The third-order valence-electron chi connectivity index (χ3n) is 11.5. The van der Waals surface area contributed by atoms with E-state index in [1.165, 1.54) is 0 Å². The van der Waals surface area contributed by atoms with Crippen LogP contribution in [0.25, 0.3) is 48.5 Å². The third-order valence-corrected chi connectivity index (χ3v) is 13.0. The van der Waals surface area contributed by atoms with Crippen molar-refractivity contribution in [3.05, 3.63) is 212 Å². The highest BCUT2D eigenvalue weighted by Gasteiger charge is 2.28. The van der Waals surface area contributed by atoms with Gasteiger partial charge in [-0.05, 0) is 78.5 Å². The molecule has 0 saturated carbocycles. The van der Waals surface area contributed by atoms with Crippen molar-refractivity contribution in [1.29, 1.82) is 0 Å². The zero-order valence-electron chi connectivity index (χ0n) is 34.6. The van der Waals surface area contributed by atoms with Gasteiger partial charge in [0.15, 0.2) is 26.9 Å². The van der Waals surface area contributed by atoms with Crippen molar-refractivity contribution in [2.75, 3.05) is 9.80 Å². The summed E-state index contributed by atoms with van der Waals surface area (Å²) in [7, 11) is -1.41. The summed E-state index contributed by atoms with van der Waals surface area (Å²) in [5, 5.41) is 1.72. The molecule has 0 bridgehead atoms. The van der Waals surface area contributed by atoms with E-state index >= 15 is 0 Å². The Balaban J connectivity index is 1.16. The van der Waals surface area contributed by atoms with Gasteiger partial charge in [0, 0.05) is 62.6 Å². The van der Waals surface area contributed by atoms with Crippen LogP contribution in [0.4, 0.5) is 34.6 Å². The Bertz CT molecular complexity index is 3180. The molecule has 11 rings (SSSR count). The average Bonchev–Trinajstić information content (AvgIpc) is 3.65. The minimum Gasteiger partial charge on any atom is -0.590 e. The van der Waals surface area contributed by atoms with Crippen molar-refractivity contribution in [2.45, 2.75) is 25.2 Å². The molecular formula is C54H40N8OS. The molecule has 0 amide bonds. The van der Waals surface area contributed by atoms with Crippen molar-refractivity contribution in [3.63, 3.8) is 0 Å². The van der Waals surface area contributed by atoms with Gasteiger partial charge in [0.1, 0.15) is 5.82 Å². The second kappa shape index (κ2) is 17.1. The minimum absolute atomic E-state index is 0.0662. The lowest BCUT2D eigenvalue weighted by atomic mass is 10.00. The van der Waals surface area contributed by atoms with E-state index in [4.69, 9.17) is 29.9 Å². The van der Waals surface area contributed by atoms with E-state index in [0.717, 1.165) is 73.2 Å². The molecule has 0 saturated heterocycles. The largest absolute Gasteiger partial charge is 0.590 e. The minimum atomic E-state index is -1.41. The predicted octanol–water partition coefficient (Wildman–Crippen LogP) is 13.7. The lowest BCUT2D eigenvalue weighted by Crippen LogP contribution is -2.20. The summed E-state index contributed by atoms with van der Waals surface area (Å²) in [6.45, 7) is 0. The molecule has 0 radical (unpaired) electrons. The highest BCUT2D eigenvalue weighted by atomic mass is 32.2. The summed E-state index contributed by atoms with van der Waals surface area (Å²) in [5.74, 6) is 2.84. The van der Waals surface area contributed by atoms with Gasteiger partial charge in [0.05, 0.1) is 5.69 Å². The number of nitrogens with zero attached hydrogens (tertiary/aromatic N) is 8. The smallest absolute Gasteiger partial charge is 0.241 e. The predicted molar refractivity (Wildman–Crippen MR) is 259 cm³/mol. The molecule has 9 nitrogen and oxygen atoms in total. The molecule has 0 N–H and O–H groups in total. The van der Waals surface area contributed by atoms with Gasteiger partial charge >= 0.3 is 0 Å². The number of para-hydroxylation sites is 2. The second-order valence-corrected chi connectivity index (χ2v) is 17.0. The molecule has 2 unspecified atom stereocenters. The van der Waals surface area contributed by atoms with Gasteiger partial charge in [-0.2, -0.15) is 19.9 Å². The first-order valence-electron chi connectivity index (χ1n) is 21.4. The molecule has 10 heteroatoms. The zero-order valence-corrected chi connectivity index (χ0v) is 35.5. The summed E-state index contributed by atoms with van der Waals surface area (Å²) in [6.07, 6.45) is 17.4. The molecule has 64 heavy (non-hydrogen) atoms. The van der Waals surface area contributed by atoms with E-state index < -0.39 is 10.8 Å². The van der Waals surface area contributed by atoms with Gasteiger partial charge in [-0.15, -0.1) is 0 Å². The van der Waals surface area contributed by atoms with Gasteiger partial charge in [0.2, 0.25) is 11.9 Å². The summed E-state index contributed by atoms with van der Waals surface area (Å²) in [5.41, 5.74) is 6.27. The van der Waals surface area contributed by atoms with Gasteiger partial charge in [-0.1, -0.05) is 140 Å². The average molecular weight is 849 g/mol. The number of anilines is 6. The maximum Gasteiger partial charge on any atom is 0.241 e. The van der Waals surface area contributed by atoms with E-state index in [0.29, 0.717) is 40.9 Å². The highest BCUT2D eigenvalue weighted by molar-refractivity contribution is 7.37. The SMILES string of the molecule is [O-][s+]1c2ccc(N(c3ccccc3)c3ccccc3)cc2c2cc(N(c3nc(-c4ccccc4)nc(-c4ccccc4)n3)c3nc(C4=CCCC=C4)nc(C4C=CC=CC4)n3)ccc21. The second-order valence-electron chi connectivity index (χ2n) is 15.6. The van der Waals surface area contributed by atoms with Crippen molar-refractivity contribution in [3.8, 4) is 22.8 Å². The lowest BCUT2D eigenvalue weighted by molar-refractivity contribution is 0.602. The van der Waals surface area contributed by atoms with E-state index in [1.807, 2.05) is 132 Å². The fraction of sp³-hybridized carbons (Fsp3) is 0.0741. The summed E-state index contributed by atoms with van der Waals surface area (Å²) < 4.78 is 15.8. The molecule has 3 heterocycles. The fourth-order valence-electron chi connectivity index (χ4n) is 8.32. The van der Waals surface area contributed by atoms with E-state index in [-0.39, 0.29) is 5.92 Å². The molecule has 6 aromatic carbocycles. The van der Waals surface area contributed by atoms with Crippen molar-refractivity contribution in [1.82, 2.24) is 29.9 Å². The Morgan fingerprint density at radius 3 is 1.58 bits per heavy atom. The van der Waals surface area contributed by atoms with E-state index in [9.17, 15) is 4.55 Å². The van der Waals surface area contributed by atoms with E-state index in [2.05, 4.69) is 77.8 Å². The topological polar surface area (TPSA) is 107 Å². The third kappa shape index (κ3) is 7.55. The number of fused-ring (bicyclic) bond motifs is 3. The van der Waals surface area contributed by atoms with E-state index in [1.54, 1.807) is 0 Å². The quantitative estimate of drug-likeness (QED) is 0.124. The Morgan fingerprint density at radius 2 is 1.03 bits per heavy atom. The van der Waals surface area contributed by atoms with Crippen LogP contribution in [0.3, 0.4) is 0 Å². The molecule has 2 aliphatic carbocycles. The number of hydrogen-bond donors (Lipinski definition) is 0. The molecule has 9 aromatic rings. The summed E-state index contributed by atoms with van der Waals surface area (Å²) in [6, 6.07) is 52.6.